The second-order valence-electron chi connectivity index (χ2n) is 14.9. The van der Waals surface area contributed by atoms with Crippen molar-refractivity contribution < 1.29 is 0 Å². The molecule has 2 aromatic heterocycles. The lowest BCUT2D eigenvalue weighted by molar-refractivity contribution is 0.855. The Balaban J connectivity index is 1.05. The number of nitrogens with one attached hydrogen (secondary N) is 1. The molecule has 9 aromatic rings. The van der Waals surface area contributed by atoms with Gasteiger partial charge in [0.25, 0.3) is 0 Å². The lowest BCUT2D eigenvalue weighted by Crippen LogP contribution is -2.37. The summed E-state index contributed by atoms with van der Waals surface area (Å²) in [6.07, 6.45) is 6.60. The van der Waals surface area contributed by atoms with Crippen LogP contribution in [0, 0.1) is 11.8 Å². The van der Waals surface area contributed by atoms with Crippen molar-refractivity contribution in [1.29, 1.82) is 0 Å². The summed E-state index contributed by atoms with van der Waals surface area (Å²) in [4.78, 5) is 24.3. The fourth-order valence-electron chi connectivity index (χ4n) is 8.74. The third-order valence-electron chi connectivity index (χ3n) is 11.4. The van der Waals surface area contributed by atoms with Gasteiger partial charge in [-0.15, -0.1) is 0 Å². The van der Waals surface area contributed by atoms with Crippen LogP contribution >= 0.6 is 0 Å². The fourth-order valence-corrected chi connectivity index (χ4v) is 8.74. The van der Waals surface area contributed by atoms with E-state index in [-0.39, 0.29) is 5.92 Å². The average Bonchev–Trinajstić information content (AvgIpc) is 3.76. The summed E-state index contributed by atoms with van der Waals surface area (Å²) in [5, 5.41) is 2.36. The maximum absolute atomic E-state index is 5.51. The third-order valence-corrected chi connectivity index (χ3v) is 11.4. The van der Waals surface area contributed by atoms with Gasteiger partial charge in [0, 0.05) is 38.5 Å². The smallest absolute Gasteiger partial charge is 0.164 e. The summed E-state index contributed by atoms with van der Waals surface area (Å²) in [6.45, 7) is 0. The van der Waals surface area contributed by atoms with Gasteiger partial charge >= 0.3 is 0 Å². The number of hydrogen-bond acceptors (Lipinski definition) is 4. The zero-order chi connectivity index (χ0) is 39.2. The van der Waals surface area contributed by atoms with Crippen LogP contribution < -0.4 is 0 Å². The number of allylic oxidation sites excluding steroid dienone is 4. The van der Waals surface area contributed by atoms with Crippen LogP contribution in [0.4, 0.5) is 5.69 Å². The second-order valence-corrected chi connectivity index (χ2v) is 14.9. The summed E-state index contributed by atoms with van der Waals surface area (Å²) in [6, 6.07) is 62.8. The van der Waals surface area contributed by atoms with Crippen LogP contribution in [0.1, 0.15) is 28.2 Å². The summed E-state index contributed by atoms with van der Waals surface area (Å²) in [5.74, 6) is 8.81. The zero-order valence-electron chi connectivity index (χ0n) is 31.9. The molecule has 0 bridgehead atoms. The Labute approximate surface area is 342 Å². The predicted octanol–water partition coefficient (Wildman–Crippen LogP) is 12.2. The molecule has 0 radical (unpaired) electrons. The number of para-hydroxylation sites is 1. The van der Waals surface area contributed by atoms with E-state index < -0.39 is 5.41 Å². The third kappa shape index (κ3) is 5.81. The quantitative estimate of drug-likeness (QED) is 0.165. The Bertz CT molecular complexity index is 3150. The molecule has 0 fully saturated rings. The number of aliphatic imine (C=N–C) groups is 1. The number of benzene rings is 7. The first-order valence-corrected chi connectivity index (χ1v) is 19.9. The van der Waals surface area contributed by atoms with Crippen LogP contribution in [0.25, 0.3) is 56.0 Å². The summed E-state index contributed by atoms with van der Waals surface area (Å²) >= 11 is 0. The Hall–Kier alpha value is -7.94. The lowest BCUT2D eigenvalue weighted by atomic mass is 9.64. The highest BCUT2D eigenvalue weighted by molar-refractivity contribution is 6.22. The Morgan fingerprint density at radius 3 is 1.81 bits per heavy atom. The van der Waals surface area contributed by atoms with E-state index in [0.29, 0.717) is 17.5 Å². The molecule has 2 unspecified atom stereocenters. The van der Waals surface area contributed by atoms with Gasteiger partial charge in [-0.2, -0.15) is 0 Å². The number of aromatic amines is 1. The van der Waals surface area contributed by atoms with Gasteiger partial charge in [0.15, 0.2) is 17.5 Å². The highest BCUT2D eigenvalue weighted by atomic mass is 15.0. The van der Waals surface area contributed by atoms with Crippen molar-refractivity contribution in [2.75, 3.05) is 0 Å². The first-order valence-electron chi connectivity index (χ1n) is 19.9. The molecule has 5 heteroatoms. The van der Waals surface area contributed by atoms with Crippen LogP contribution in [0.2, 0.25) is 0 Å². The molecule has 0 saturated heterocycles. The number of aromatic nitrogens is 4. The van der Waals surface area contributed by atoms with E-state index in [9.17, 15) is 0 Å². The SMILES string of the molecule is C1#CC(c2cccc(-c3nc(-c4ccccc4)nc(-c4ccccc4)n3)c2)C=CC(C2(c3ccccc3)C(c3ccccc3)=Nc3ccc4c([nH]c5ccccc54)c32)=C1. The molecule has 3 heterocycles. The van der Waals surface area contributed by atoms with Gasteiger partial charge < -0.3 is 4.98 Å². The maximum atomic E-state index is 5.51. The molecule has 1 aliphatic heterocycles. The Kier molecular flexibility index (Phi) is 8.27. The van der Waals surface area contributed by atoms with Crippen LogP contribution in [-0.4, -0.2) is 25.6 Å². The second kappa shape index (κ2) is 14.2. The van der Waals surface area contributed by atoms with Crippen molar-refractivity contribution in [3.8, 4) is 46.0 Å². The molecule has 0 saturated carbocycles. The molecule has 2 aliphatic rings. The molecule has 2 atom stereocenters. The predicted molar refractivity (Wildman–Crippen MR) is 240 cm³/mol. The van der Waals surface area contributed by atoms with E-state index in [2.05, 4.69) is 156 Å². The number of hydrogen-bond donors (Lipinski definition) is 1. The summed E-state index contributed by atoms with van der Waals surface area (Å²) in [7, 11) is 0. The Morgan fingerprint density at radius 1 is 0.525 bits per heavy atom. The van der Waals surface area contributed by atoms with E-state index in [0.717, 1.165) is 66.9 Å². The number of rotatable bonds is 7. The largest absolute Gasteiger partial charge is 0.354 e. The monoisotopic (exact) mass is 753 g/mol. The van der Waals surface area contributed by atoms with Crippen molar-refractivity contribution >= 4 is 33.2 Å². The molecule has 7 aromatic carbocycles. The molecule has 1 N–H and O–H groups in total. The molecule has 276 valence electrons. The topological polar surface area (TPSA) is 66.8 Å². The van der Waals surface area contributed by atoms with E-state index >= 15 is 0 Å². The van der Waals surface area contributed by atoms with Crippen molar-refractivity contribution in [3.63, 3.8) is 0 Å². The van der Waals surface area contributed by atoms with Crippen molar-refractivity contribution in [1.82, 2.24) is 19.9 Å². The molecular weight excluding hydrogens is 719 g/mol. The fraction of sp³-hybridized carbons (Fsp3) is 0.0370. The molecular formula is C54H35N5. The van der Waals surface area contributed by atoms with E-state index in [4.69, 9.17) is 19.9 Å². The highest BCUT2D eigenvalue weighted by Gasteiger charge is 2.49. The van der Waals surface area contributed by atoms with Gasteiger partial charge in [-0.1, -0.05) is 188 Å². The van der Waals surface area contributed by atoms with Crippen molar-refractivity contribution in [3.05, 3.63) is 228 Å². The van der Waals surface area contributed by atoms with Crippen LogP contribution in [-0.2, 0) is 5.41 Å². The van der Waals surface area contributed by atoms with E-state index in [1.165, 1.54) is 10.8 Å². The van der Waals surface area contributed by atoms with E-state index in [1.54, 1.807) is 0 Å². The Morgan fingerprint density at radius 2 is 1.12 bits per heavy atom. The zero-order valence-corrected chi connectivity index (χ0v) is 31.9. The molecule has 1 aliphatic carbocycles. The molecule has 59 heavy (non-hydrogen) atoms. The van der Waals surface area contributed by atoms with Crippen molar-refractivity contribution in [2.45, 2.75) is 11.3 Å². The molecule has 0 spiro atoms. The standard InChI is InChI=1S/C54H35N5/c1-5-17-37(18-6-1)50-54(42-26-11-4-12-27-42,48-47(56-50)34-33-45-44-29-13-14-30-46(44)55-49(45)48)43-28-16-23-36(31-32-43)40-24-15-25-41(35-40)53-58-51(38-19-7-2-8-20-38)57-52(59-53)39-21-9-3-10-22-39/h1-15,17-22,24-36,55H. The van der Waals surface area contributed by atoms with Gasteiger partial charge in [0.2, 0.25) is 0 Å². The van der Waals surface area contributed by atoms with Gasteiger partial charge in [-0.25, -0.2) is 15.0 Å². The normalized spacial score (nSPS) is 16.8. The number of nitrogens with zero attached hydrogens (tertiary/aromatic N) is 4. The minimum Gasteiger partial charge on any atom is -0.354 e. The summed E-state index contributed by atoms with van der Waals surface area (Å²) in [5.41, 5.74) is 11.5. The lowest BCUT2D eigenvalue weighted by Gasteiger charge is -2.35. The molecule has 0 amide bonds. The van der Waals surface area contributed by atoms with Crippen molar-refractivity contribution in [2.24, 2.45) is 4.99 Å². The minimum absolute atomic E-state index is 0.192. The average molecular weight is 754 g/mol. The first kappa shape index (κ1) is 34.3. The summed E-state index contributed by atoms with van der Waals surface area (Å²) < 4.78 is 0. The minimum atomic E-state index is -0.771. The van der Waals surface area contributed by atoms with Crippen LogP contribution in [0.15, 0.2) is 211 Å². The van der Waals surface area contributed by atoms with Gasteiger partial charge in [-0.3, -0.25) is 4.99 Å². The maximum Gasteiger partial charge on any atom is 0.164 e. The number of fused-ring (bicyclic) bond motifs is 5. The van der Waals surface area contributed by atoms with Gasteiger partial charge in [0.1, 0.15) is 0 Å². The number of H-pyrrole nitrogens is 1. The molecule has 5 nitrogen and oxygen atoms in total. The first-order chi connectivity index (χ1) is 29.2. The van der Waals surface area contributed by atoms with Gasteiger partial charge in [0.05, 0.1) is 28.2 Å². The highest BCUT2D eigenvalue weighted by Crippen LogP contribution is 2.54. The molecule has 11 rings (SSSR count). The van der Waals surface area contributed by atoms with E-state index in [1.807, 2.05) is 60.7 Å². The van der Waals surface area contributed by atoms with Gasteiger partial charge in [-0.05, 0) is 46.5 Å². The van der Waals surface area contributed by atoms with Crippen LogP contribution in [0.3, 0.4) is 0 Å². The van der Waals surface area contributed by atoms with Crippen LogP contribution in [0.5, 0.6) is 0 Å².